The van der Waals surface area contributed by atoms with Crippen LogP contribution in [-0.2, 0) is 12.8 Å². The summed E-state index contributed by atoms with van der Waals surface area (Å²) in [4.78, 5) is 65.5. The molecule has 4 unspecified atom stereocenters. The van der Waals surface area contributed by atoms with E-state index in [1.54, 1.807) is 0 Å². The SMILES string of the molecule is CC(Cc1c(-c2ccccc2)nc(-c2ccccc2)nc1-c1ccccc1)c1cc2c(cn1)-c1cnc(-c3cc(-c4cc5c(cn4)-c4cnc(C(C)Cc6c(-c7ccccc7)nc(-c7ccccc7)nc6-c6ccccc6)cc4[Si]5(C)C)cc(-c4cc5c(cn4)-c4cnc(C(C)C(C)c6c(-c7ccccc7)nc(-c7ccccc7)nc6-c6ccccc6)cc4[Si]5(C)C)c3)cc1[Si]2(C)C. The van der Waals surface area contributed by atoms with Gasteiger partial charge in [0.2, 0.25) is 0 Å². The van der Waals surface area contributed by atoms with Crippen molar-refractivity contribution in [1.82, 2.24) is 59.8 Å². The summed E-state index contributed by atoms with van der Waals surface area (Å²) in [5.41, 5.74) is 33.8. The summed E-state index contributed by atoms with van der Waals surface area (Å²) in [6.45, 7) is 24.3. The molecule has 4 atom stereocenters. The third-order valence-corrected chi connectivity index (χ3v) is 38.8. The third-order valence-electron chi connectivity index (χ3n) is 28.3. The highest BCUT2D eigenvalue weighted by Crippen LogP contribution is 2.47. The monoisotopic (exact) mass is 1770 g/mol. The predicted octanol–water partition coefficient (Wildman–Crippen LogP) is 24.4. The summed E-state index contributed by atoms with van der Waals surface area (Å²) in [6, 6.07) is 116. The van der Waals surface area contributed by atoms with Gasteiger partial charge in [-0.1, -0.05) is 340 Å². The largest absolute Gasteiger partial charge is 0.260 e. The lowest BCUT2D eigenvalue weighted by Crippen LogP contribution is -2.49. The van der Waals surface area contributed by atoms with Gasteiger partial charge in [-0.05, 0) is 104 Å². The van der Waals surface area contributed by atoms with Crippen molar-refractivity contribution in [2.75, 3.05) is 0 Å². The lowest BCUT2D eigenvalue weighted by molar-refractivity contribution is 0.607. The summed E-state index contributed by atoms with van der Waals surface area (Å²) < 4.78 is 0. The van der Waals surface area contributed by atoms with E-state index in [9.17, 15) is 0 Å². The van der Waals surface area contributed by atoms with E-state index in [0.29, 0.717) is 30.3 Å². The van der Waals surface area contributed by atoms with Gasteiger partial charge in [-0.15, -0.1) is 0 Å². The number of pyridine rings is 6. The van der Waals surface area contributed by atoms with Crippen LogP contribution in [0.15, 0.2) is 365 Å². The molecule has 0 fully saturated rings. The van der Waals surface area contributed by atoms with Crippen molar-refractivity contribution >= 4 is 55.3 Å². The summed E-state index contributed by atoms with van der Waals surface area (Å²) in [5, 5.41) is 8.08. The molecule has 19 aromatic rings. The molecule has 22 rings (SSSR count). The second kappa shape index (κ2) is 34.1. The number of aromatic nitrogens is 12. The first-order chi connectivity index (χ1) is 64.8. The normalized spacial score (nSPS) is 14.2. The van der Waals surface area contributed by atoms with Crippen LogP contribution in [0.1, 0.15) is 85.1 Å². The van der Waals surface area contributed by atoms with Gasteiger partial charge in [-0.25, -0.2) is 29.9 Å². The molecule has 10 aromatic carbocycles. The Bertz CT molecular complexity index is 7220. The minimum atomic E-state index is -2.48. The van der Waals surface area contributed by atoms with E-state index in [1.165, 1.54) is 31.1 Å². The Labute approximate surface area is 780 Å². The van der Waals surface area contributed by atoms with Crippen molar-refractivity contribution < 1.29 is 0 Å². The Morgan fingerprint density at radius 2 is 0.421 bits per heavy atom. The van der Waals surface area contributed by atoms with Crippen LogP contribution in [0.3, 0.4) is 0 Å². The van der Waals surface area contributed by atoms with Crippen LogP contribution in [0.4, 0.5) is 0 Å². The van der Waals surface area contributed by atoms with Gasteiger partial charge in [0.15, 0.2) is 17.5 Å². The van der Waals surface area contributed by atoms with Gasteiger partial charge in [-0.2, -0.15) is 0 Å². The van der Waals surface area contributed by atoms with Crippen LogP contribution in [0.5, 0.6) is 0 Å². The summed E-state index contributed by atoms with van der Waals surface area (Å²) in [5.74, 6) is 2.04. The highest BCUT2D eigenvalue weighted by molar-refractivity contribution is 7.05. The average Bonchev–Trinajstić information content (AvgIpc) is 1.58. The maximum atomic E-state index is 5.54. The number of hydrogen-bond acceptors (Lipinski definition) is 12. The standard InChI is InChI=1S/C118H98N12Si3/c1-73(56-89-110(77-38-20-11-21-39-77)125-116(83-50-32-17-33-51-83)126-111(89)78-40-22-12-23-41-78)97-61-103-91(67-119-97)94-70-122-100(64-106(94)131(103,5)6)86-58-87(101-65-107-95(71-123-101)92-68-120-98(62-104(92)132(107,7)8)74(2)57-90-112(79-42-24-13-25-43-79)127-117(84-52-34-18-35-53-84)128-113(90)80-44-26-14-27-45-80)60-88(59-86)102-66-108-96(72-124-102)93-69-121-99(63-105(93)133(108,9)10)75(3)76(4)109-114(81-46-28-15-29-47-81)129-118(85-54-36-19-37-55-85)130-115(109)82-48-30-16-31-49-82/h11-55,58-76H,56-57H2,1-10H3. The topological polar surface area (TPSA) is 155 Å². The van der Waals surface area contributed by atoms with Gasteiger partial charge in [0.1, 0.15) is 24.2 Å². The fourth-order valence-electron chi connectivity index (χ4n) is 20.6. The highest BCUT2D eigenvalue weighted by Gasteiger charge is 2.44. The van der Waals surface area contributed by atoms with Gasteiger partial charge in [0.25, 0.3) is 0 Å². The third kappa shape index (κ3) is 15.2. The van der Waals surface area contributed by atoms with Crippen molar-refractivity contribution in [2.24, 2.45) is 0 Å². The fourth-order valence-corrected chi connectivity index (χ4v) is 29.8. The molecule has 642 valence electrons. The first-order valence-corrected chi connectivity index (χ1v) is 55.3. The molecular weight excluding hydrogens is 1670 g/mol. The zero-order valence-electron chi connectivity index (χ0n) is 76.2. The predicted molar refractivity (Wildman–Crippen MR) is 552 cm³/mol. The van der Waals surface area contributed by atoms with E-state index < -0.39 is 24.2 Å². The van der Waals surface area contributed by atoms with Crippen LogP contribution in [-0.4, -0.2) is 84.0 Å². The van der Waals surface area contributed by atoms with Crippen molar-refractivity contribution in [3.63, 3.8) is 0 Å². The summed E-state index contributed by atoms with van der Waals surface area (Å²) in [6.07, 6.45) is 14.1. The van der Waals surface area contributed by atoms with Gasteiger partial charge in [0.05, 0.1) is 51.2 Å². The number of rotatable bonds is 21. The molecule has 3 aliphatic rings. The first-order valence-electron chi connectivity index (χ1n) is 46.3. The Kier molecular flexibility index (Phi) is 21.4. The zero-order valence-corrected chi connectivity index (χ0v) is 79.2. The molecule has 0 N–H and O–H groups in total. The van der Waals surface area contributed by atoms with Gasteiger partial charge in [-0.3, -0.25) is 29.9 Å². The second-order valence-electron chi connectivity index (χ2n) is 37.7. The molecule has 0 saturated carbocycles. The molecule has 12 heterocycles. The lowest BCUT2D eigenvalue weighted by atomic mass is 9.82. The van der Waals surface area contributed by atoms with Crippen LogP contribution < -0.4 is 31.1 Å². The van der Waals surface area contributed by atoms with E-state index in [1.807, 2.05) is 18.2 Å². The highest BCUT2D eigenvalue weighted by atomic mass is 28.3. The van der Waals surface area contributed by atoms with Crippen LogP contribution in [0.25, 0.3) is 169 Å². The number of nitrogens with zero attached hydrogens (tertiary/aromatic N) is 12. The molecule has 0 amide bonds. The van der Waals surface area contributed by atoms with E-state index >= 15 is 0 Å². The van der Waals surface area contributed by atoms with Crippen LogP contribution in [0, 0.1) is 0 Å². The van der Waals surface area contributed by atoms with Crippen molar-refractivity contribution in [2.45, 2.75) is 103 Å². The van der Waals surface area contributed by atoms with Gasteiger partial charge in [0, 0.05) is 189 Å². The van der Waals surface area contributed by atoms with Crippen molar-refractivity contribution in [3.8, 4) is 169 Å². The quantitative estimate of drug-likeness (QED) is 0.0629. The van der Waals surface area contributed by atoms with E-state index in [-0.39, 0.29) is 23.7 Å². The molecule has 3 aliphatic heterocycles. The maximum Gasteiger partial charge on any atom is 0.160 e. The Hall–Kier alpha value is -15.0. The van der Waals surface area contributed by atoms with Gasteiger partial charge >= 0.3 is 0 Å². The van der Waals surface area contributed by atoms with E-state index in [2.05, 4.69) is 414 Å². The second-order valence-corrected chi connectivity index (χ2v) is 50.7. The van der Waals surface area contributed by atoms with Crippen molar-refractivity contribution in [3.05, 3.63) is 399 Å². The molecule has 12 nitrogen and oxygen atoms in total. The van der Waals surface area contributed by atoms with Crippen LogP contribution in [0.2, 0.25) is 39.3 Å². The smallest absolute Gasteiger partial charge is 0.160 e. The Balaban J connectivity index is 0.623. The van der Waals surface area contributed by atoms with Crippen molar-refractivity contribution in [1.29, 1.82) is 0 Å². The molecule has 15 heteroatoms. The number of fused-ring (bicyclic) bond motifs is 9. The Morgan fingerprint density at radius 3 is 0.684 bits per heavy atom. The average molecular weight is 1770 g/mol. The molecule has 0 bridgehead atoms. The number of hydrogen-bond donors (Lipinski definition) is 0. The molecule has 0 spiro atoms. The van der Waals surface area contributed by atoms with E-state index in [4.69, 9.17) is 59.8 Å². The maximum absolute atomic E-state index is 5.54. The van der Waals surface area contributed by atoms with E-state index in [0.717, 1.165) is 185 Å². The minimum Gasteiger partial charge on any atom is -0.260 e. The minimum absolute atomic E-state index is 0.00762. The molecule has 0 saturated heterocycles. The fraction of sp³-hybridized carbons (Fsp3) is 0.136. The molecule has 9 aromatic heterocycles. The molecular formula is C118H98N12Si3. The molecule has 0 radical (unpaired) electrons. The number of benzene rings is 10. The summed E-state index contributed by atoms with van der Waals surface area (Å²) >= 11 is 0. The first kappa shape index (κ1) is 83.6. The molecule has 0 aliphatic carbocycles. The lowest BCUT2D eigenvalue weighted by Gasteiger charge is -2.26. The van der Waals surface area contributed by atoms with Crippen LogP contribution >= 0.6 is 0 Å². The zero-order chi connectivity index (χ0) is 90.4. The summed E-state index contributed by atoms with van der Waals surface area (Å²) in [7, 11) is -7.41. The Morgan fingerprint density at radius 1 is 0.211 bits per heavy atom. The van der Waals surface area contributed by atoms with Gasteiger partial charge < -0.3 is 0 Å². The molecule has 133 heavy (non-hydrogen) atoms.